The van der Waals surface area contributed by atoms with Crippen molar-refractivity contribution in [1.29, 1.82) is 0 Å². The maximum Gasteiger partial charge on any atom is 0.265 e. The molecule has 7 nitrogen and oxygen atoms in total. The molecule has 30 heavy (non-hydrogen) atoms. The molecule has 0 fully saturated rings. The van der Waals surface area contributed by atoms with E-state index in [2.05, 4.69) is 10.3 Å². The zero-order valence-electron chi connectivity index (χ0n) is 16.3. The van der Waals surface area contributed by atoms with Crippen LogP contribution >= 0.6 is 0 Å². The third-order valence-electron chi connectivity index (χ3n) is 4.64. The molecule has 1 aromatic heterocycles. The van der Waals surface area contributed by atoms with E-state index in [1.54, 1.807) is 47.6 Å². The van der Waals surface area contributed by atoms with Gasteiger partial charge in [0, 0.05) is 36.3 Å². The average molecular weight is 403 g/mol. The second-order valence-electron chi connectivity index (χ2n) is 6.72. The van der Waals surface area contributed by atoms with Crippen LogP contribution in [0.3, 0.4) is 0 Å². The van der Waals surface area contributed by atoms with E-state index in [0.717, 1.165) is 5.75 Å². The van der Waals surface area contributed by atoms with Gasteiger partial charge >= 0.3 is 0 Å². The minimum atomic E-state index is -0.237. The summed E-state index contributed by atoms with van der Waals surface area (Å²) in [6.45, 7) is 0.989. The first-order valence-electron chi connectivity index (χ1n) is 9.67. The van der Waals surface area contributed by atoms with Crippen molar-refractivity contribution >= 4 is 23.2 Å². The molecule has 152 valence electrons. The van der Waals surface area contributed by atoms with Crippen molar-refractivity contribution in [3.8, 4) is 11.5 Å². The van der Waals surface area contributed by atoms with Crippen LogP contribution in [0.25, 0.3) is 0 Å². The van der Waals surface area contributed by atoms with Crippen molar-refractivity contribution in [2.75, 3.05) is 30.0 Å². The molecule has 2 aromatic carbocycles. The third-order valence-corrected chi connectivity index (χ3v) is 4.64. The molecule has 1 aliphatic heterocycles. The minimum Gasteiger partial charge on any atom is -0.494 e. The number of anilines is 2. The Labute approximate surface area is 174 Å². The molecule has 7 heteroatoms. The van der Waals surface area contributed by atoms with E-state index in [4.69, 9.17) is 9.47 Å². The Bertz CT molecular complexity index is 1030. The Balaban J connectivity index is 1.39. The van der Waals surface area contributed by atoms with Gasteiger partial charge in [-0.05, 0) is 42.8 Å². The van der Waals surface area contributed by atoms with Crippen LogP contribution in [0.4, 0.5) is 11.4 Å². The largest absolute Gasteiger partial charge is 0.494 e. The fourth-order valence-electron chi connectivity index (χ4n) is 3.16. The number of pyridine rings is 1. The summed E-state index contributed by atoms with van der Waals surface area (Å²) < 4.78 is 11.3. The molecule has 1 aliphatic rings. The SMILES string of the molecule is O=C(Nc1ccc2c(c1)OCC(=O)N2CCCOc1ccccc1)c1ccncc1. The number of carbonyl (C=O) groups is 2. The van der Waals surface area contributed by atoms with Crippen LogP contribution in [0.15, 0.2) is 73.1 Å². The van der Waals surface area contributed by atoms with Gasteiger partial charge < -0.3 is 19.7 Å². The van der Waals surface area contributed by atoms with E-state index in [9.17, 15) is 9.59 Å². The predicted molar refractivity (Wildman–Crippen MR) is 113 cm³/mol. The van der Waals surface area contributed by atoms with Crippen LogP contribution in [0.2, 0.25) is 0 Å². The van der Waals surface area contributed by atoms with Crippen LogP contribution in [0.5, 0.6) is 11.5 Å². The average Bonchev–Trinajstić information content (AvgIpc) is 2.79. The monoisotopic (exact) mass is 403 g/mol. The number of benzene rings is 2. The summed E-state index contributed by atoms with van der Waals surface area (Å²) in [5, 5.41) is 2.83. The number of ether oxygens (including phenoxy) is 2. The van der Waals surface area contributed by atoms with E-state index in [1.165, 1.54) is 0 Å². The summed E-state index contributed by atoms with van der Waals surface area (Å²) in [6, 6.07) is 18.1. The summed E-state index contributed by atoms with van der Waals surface area (Å²) in [6.07, 6.45) is 3.81. The Morgan fingerprint density at radius 1 is 1.10 bits per heavy atom. The molecule has 0 radical (unpaired) electrons. The Morgan fingerprint density at radius 2 is 1.90 bits per heavy atom. The first-order valence-corrected chi connectivity index (χ1v) is 9.67. The van der Waals surface area contributed by atoms with Gasteiger partial charge in [0.1, 0.15) is 11.5 Å². The topological polar surface area (TPSA) is 80.8 Å². The van der Waals surface area contributed by atoms with E-state index in [0.29, 0.717) is 42.3 Å². The van der Waals surface area contributed by atoms with Crippen LogP contribution in [0.1, 0.15) is 16.8 Å². The zero-order chi connectivity index (χ0) is 20.8. The van der Waals surface area contributed by atoms with Crippen molar-refractivity contribution in [1.82, 2.24) is 4.98 Å². The van der Waals surface area contributed by atoms with Crippen molar-refractivity contribution in [2.45, 2.75) is 6.42 Å². The molecule has 3 aromatic rings. The zero-order valence-corrected chi connectivity index (χ0v) is 16.3. The van der Waals surface area contributed by atoms with Gasteiger partial charge in [-0.25, -0.2) is 0 Å². The molecule has 1 N–H and O–H groups in total. The van der Waals surface area contributed by atoms with Gasteiger partial charge in [-0.2, -0.15) is 0 Å². The summed E-state index contributed by atoms with van der Waals surface area (Å²) >= 11 is 0. The molecule has 0 bridgehead atoms. The quantitative estimate of drug-likeness (QED) is 0.611. The van der Waals surface area contributed by atoms with Gasteiger partial charge in [0.25, 0.3) is 11.8 Å². The fraction of sp³-hybridized carbons (Fsp3) is 0.174. The summed E-state index contributed by atoms with van der Waals surface area (Å²) in [5.74, 6) is 1.03. The highest BCUT2D eigenvalue weighted by Gasteiger charge is 2.25. The maximum atomic E-state index is 12.4. The molecule has 0 spiro atoms. The normalized spacial score (nSPS) is 12.7. The molecule has 0 saturated carbocycles. The molecule has 0 aliphatic carbocycles. The number of carbonyl (C=O) groups excluding carboxylic acids is 2. The molecule has 2 amide bonds. The van der Waals surface area contributed by atoms with Crippen molar-refractivity contribution in [2.24, 2.45) is 0 Å². The van der Waals surface area contributed by atoms with Crippen molar-refractivity contribution in [3.63, 3.8) is 0 Å². The van der Waals surface area contributed by atoms with Gasteiger partial charge in [0.15, 0.2) is 6.61 Å². The Hall–Kier alpha value is -3.87. The van der Waals surface area contributed by atoms with E-state index >= 15 is 0 Å². The number of nitrogens with one attached hydrogen (secondary N) is 1. The fourth-order valence-corrected chi connectivity index (χ4v) is 3.16. The number of nitrogens with zero attached hydrogens (tertiary/aromatic N) is 2. The molecular weight excluding hydrogens is 382 g/mol. The van der Waals surface area contributed by atoms with Gasteiger partial charge in [-0.15, -0.1) is 0 Å². The van der Waals surface area contributed by atoms with Crippen LogP contribution in [-0.4, -0.2) is 36.6 Å². The lowest BCUT2D eigenvalue weighted by atomic mass is 10.2. The smallest absolute Gasteiger partial charge is 0.265 e. The molecule has 2 heterocycles. The second kappa shape index (κ2) is 9.09. The molecule has 0 atom stereocenters. The number of para-hydroxylation sites is 1. The molecule has 0 saturated heterocycles. The number of aromatic nitrogens is 1. The van der Waals surface area contributed by atoms with Gasteiger partial charge in [0.05, 0.1) is 12.3 Å². The number of amides is 2. The van der Waals surface area contributed by atoms with Crippen molar-refractivity contribution in [3.05, 3.63) is 78.6 Å². The number of hydrogen-bond acceptors (Lipinski definition) is 5. The second-order valence-corrected chi connectivity index (χ2v) is 6.72. The summed E-state index contributed by atoms with van der Waals surface area (Å²) in [4.78, 5) is 30.3. The maximum absolute atomic E-state index is 12.4. The number of rotatable bonds is 7. The summed E-state index contributed by atoms with van der Waals surface area (Å²) in [5.41, 5.74) is 1.80. The number of hydrogen-bond donors (Lipinski definition) is 1. The highest BCUT2D eigenvalue weighted by molar-refractivity contribution is 6.05. The van der Waals surface area contributed by atoms with E-state index in [1.807, 2.05) is 30.3 Å². The highest BCUT2D eigenvalue weighted by atomic mass is 16.5. The first kappa shape index (κ1) is 19.4. The van der Waals surface area contributed by atoms with E-state index < -0.39 is 0 Å². The highest BCUT2D eigenvalue weighted by Crippen LogP contribution is 2.34. The molecule has 4 rings (SSSR count). The van der Waals surface area contributed by atoms with Crippen molar-refractivity contribution < 1.29 is 19.1 Å². The van der Waals surface area contributed by atoms with Gasteiger partial charge in [0.2, 0.25) is 0 Å². The standard InChI is InChI=1S/C23H21N3O4/c27-22-16-30-21-15-18(25-23(28)17-9-11-24-12-10-17)7-8-20(21)26(22)13-4-14-29-19-5-2-1-3-6-19/h1-3,5-12,15H,4,13-14,16H2,(H,25,28). The molecular formula is C23H21N3O4. The molecule has 0 unspecified atom stereocenters. The van der Waals surface area contributed by atoms with Crippen LogP contribution in [0, 0.1) is 0 Å². The summed E-state index contributed by atoms with van der Waals surface area (Å²) in [7, 11) is 0. The Morgan fingerprint density at radius 3 is 2.70 bits per heavy atom. The lowest BCUT2D eigenvalue weighted by Gasteiger charge is -2.29. The van der Waals surface area contributed by atoms with Crippen LogP contribution < -0.4 is 19.7 Å². The van der Waals surface area contributed by atoms with Gasteiger partial charge in [-0.3, -0.25) is 14.6 Å². The lowest BCUT2D eigenvalue weighted by Crippen LogP contribution is -2.39. The predicted octanol–water partition coefficient (Wildman–Crippen LogP) is 3.53. The third kappa shape index (κ3) is 4.57. The minimum absolute atomic E-state index is 0.0334. The lowest BCUT2D eigenvalue weighted by molar-refractivity contribution is -0.121. The van der Waals surface area contributed by atoms with Gasteiger partial charge in [-0.1, -0.05) is 18.2 Å². The number of fused-ring (bicyclic) bond motifs is 1. The first-order chi connectivity index (χ1) is 14.7. The Kier molecular flexibility index (Phi) is 5.89. The van der Waals surface area contributed by atoms with Crippen LogP contribution in [-0.2, 0) is 4.79 Å². The van der Waals surface area contributed by atoms with E-state index in [-0.39, 0.29) is 18.4 Å².